The molecule has 8 aromatic rings. The second-order valence-electron chi connectivity index (χ2n) is 18.3. The fraction of sp³-hybridized carbons (Fsp3) is 0.0566. The quantitative estimate of drug-likeness (QED) is 0.0513. The van der Waals surface area contributed by atoms with E-state index in [2.05, 4.69) is 112 Å². The van der Waals surface area contributed by atoms with Crippen molar-refractivity contribution in [3.63, 3.8) is 0 Å². The lowest BCUT2D eigenvalue weighted by molar-refractivity contribution is 0.0872. The van der Waals surface area contributed by atoms with Crippen LogP contribution in [0, 0.1) is 0 Å². The summed E-state index contributed by atoms with van der Waals surface area (Å²) in [6.45, 7) is 0. The van der Waals surface area contributed by atoms with Crippen LogP contribution in [0.25, 0.3) is 21.8 Å². The first kappa shape index (κ1) is 58.2. The van der Waals surface area contributed by atoms with Crippen LogP contribution >= 0.6 is 204 Å². The number of amides is 4. The van der Waals surface area contributed by atoms with Crippen molar-refractivity contribution >= 4 is 298 Å². The molecule has 6 aromatic carbocycles. The summed E-state index contributed by atoms with van der Waals surface area (Å²) < 4.78 is 2.66. The van der Waals surface area contributed by atoms with Gasteiger partial charge in [-0.3, -0.25) is 48.3 Å². The van der Waals surface area contributed by atoms with Gasteiger partial charge >= 0.3 is 0 Å². The third-order valence-corrected chi connectivity index (χ3v) is 26.0. The molecule has 28 heteroatoms. The fourth-order valence-electron chi connectivity index (χ4n) is 10.6. The molecule has 0 saturated carbocycles. The molecule has 2 radical (unpaired) electrons. The van der Waals surface area contributed by atoms with Crippen LogP contribution in [0.5, 0.6) is 0 Å². The number of Topliss-reactive ketones (excluding diaryl/α,β-unsaturated/α-hetero) is 4. The summed E-state index contributed by atoms with van der Waals surface area (Å²) in [4.78, 5) is 128. The first-order valence-electron chi connectivity index (χ1n) is 22.6. The maximum absolute atomic E-state index is 14.9. The van der Waals surface area contributed by atoms with E-state index in [4.69, 9.17) is 111 Å². The van der Waals surface area contributed by atoms with Crippen molar-refractivity contribution in [3.8, 4) is 0 Å². The van der Waals surface area contributed by atoms with E-state index in [1.807, 2.05) is 0 Å². The molecule has 2 aliphatic heterocycles. The number of hydrogen-bond donors (Lipinski definition) is 0. The highest BCUT2D eigenvalue weighted by Gasteiger charge is 2.49. The smallest absolute Gasteiger partial charge is 0.267 e. The van der Waals surface area contributed by atoms with Crippen LogP contribution < -0.4 is 15.3 Å². The number of carbonyl (C=O) groups is 8. The van der Waals surface area contributed by atoms with Crippen LogP contribution in [0.15, 0.2) is 79.8 Å². The Balaban J connectivity index is 1.06. The number of carbonyl (C=O) groups excluding carboxylic acids is 8. The number of anilines is 2. The SMILES string of the molecule is [B]c1c(Br)c(Br)c(Br)c2c1C(=O)[C@H](c1ccc3c(N4C(=O)c5c(Cl)c(Cl)c(Cl)c(Cl)c5C4=O)c(Cc4ccc5nc(C6C(=O)c7c(Br)c(Br)c(Br)c(Br)c7C6=O)ccc5c4N4C(=O)c5c(Cl)c(Cl)c(Cl)c(Cl)c5C4=O)ccc3n1)C2=O. The van der Waals surface area contributed by atoms with Gasteiger partial charge in [-0.1, -0.05) is 126 Å². The highest BCUT2D eigenvalue weighted by Crippen LogP contribution is 2.53. The molecule has 0 unspecified atom stereocenters. The van der Waals surface area contributed by atoms with Crippen LogP contribution in [0.1, 0.15) is 117 Å². The number of hydrogen-bond acceptors (Lipinski definition) is 10. The topological polar surface area (TPSA) is 169 Å². The Morgan fingerprint density at radius 3 is 1.00 bits per heavy atom. The van der Waals surface area contributed by atoms with Crippen LogP contribution in [0.3, 0.4) is 0 Å². The van der Waals surface area contributed by atoms with Crippen molar-refractivity contribution in [2.45, 2.75) is 18.3 Å². The molecule has 0 saturated heterocycles. The average molecular weight is 1690 g/mol. The summed E-state index contributed by atoms with van der Waals surface area (Å²) in [6.07, 6.45) is -0.334. The molecule has 0 N–H and O–H groups in total. The number of rotatable bonds is 6. The normalized spacial score (nSPS) is 15.9. The van der Waals surface area contributed by atoms with Crippen molar-refractivity contribution < 1.29 is 38.4 Å². The van der Waals surface area contributed by atoms with Crippen LogP contribution in [-0.2, 0) is 6.42 Å². The highest BCUT2D eigenvalue weighted by atomic mass is 79.9. The lowest BCUT2D eigenvalue weighted by atomic mass is 9.87. The minimum absolute atomic E-state index is 0.00399. The third-order valence-electron chi connectivity index (χ3n) is 14.2. The number of ketones is 4. The minimum atomic E-state index is -1.47. The Morgan fingerprint density at radius 1 is 0.370 bits per heavy atom. The fourth-order valence-corrected chi connectivity index (χ4v) is 16.8. The van der Waals surface area contributed by atoms with Crippen molar-refractivity contribution in [3.05, 3.63) is 187 Å². The van der Waals surface area contributed by atoms with E-state index < -0.39 is 58.6 Å². The molecule has 12 nitrogen and oxygen atoms in total. The van der Waals surface area contributed by atoms with Gasteiger partial charge in [-0.25, -0.2) is 9.80 Å². The number of imide groups is 2. The number of halogens is 15. The van der Waals surface area contributed by atoms with Crippen molar-refractivity contribution in [2.24, 2.45) is 0 Å². The molecule has 0 fully saturated rings. The van der Waals surface area contributed by atoms with Crippen molar-refractivity contribution in [1.82, 2.24) is 9.97 Å². The maximum Gasteiger partial charge on any atom is 0.267 e. The predicted molar refractivity (Wildman–Crippen MR) is 337 cm³/mol. The minimum Gasteiger partial charge on any atom is -0.293 e. The number of fused-ring (bicyclic) bond motifs is 6. The molecule has 81 heavy (non-hydrogen) atoms. The van der Waals surface area contributed by atoms with Crippen LogP contribution in [0.4, 0.5) is 11.4 Å². The number of benzene rings is 6. The molecule has 4 heterocycles. The zero-order valence-corrected chi connectivity index (χ0v) is 55.9. The van der Waals surface area contributed by atoms with Gasteiger partial charge in [0.1, 0.15) is 19.7 Å². The highest BCUT2D eigenvalue weighted by molar-refractivity contribution is 9.15. The van der Waals surface area contributed by atoms with Gasteiger partial charge in [-0.2, -0.15) is 0 Å². The van der Waals surface area contributed by atoms with E-state index in [0.29, 0.717) is 26.8 Å². The largest absolute Gasteiger partial charge is 0.293 e. The van der Waals surface area contributed by atoms with E-state index in [1.54, 1.807) is 0 Å². The van der Waals surface area contributed by atoms with E-state index in [9.17, 15) is 38.4 Å². The van der Waals surface area contributed by atoms with Gasteiger partial charge < -0.3 is 0 Å². The molecular formula is C53H12BBr7Cl8N4O8. The molecule has 0 bridgehead atoms. The Morgan fingerprint density at radius 2 is 0.667 bits per heavy atom. The molecule has 4 aliphatic rings. The average Bonchev–Trinajstić information content (AvgIpc) is 4.23. The van der Waals surface area contributed by atoms with Gasteiger partial charge in [0.05, 0.1) is 96.2 Å². The zero-order chi connectivity index (χ0) is 58.3. The molecule has 12 rings (SSSR count). The Kier molecular flexibility index (Phi) is 14.9. The van der Waals surface area contributed by atoms with Gasteiger partial charge in [0.2, 0.25) is 0 Å². The van der Waals surface area contributed by atoms with Crippen LogP contribution in [0.2, 0.25) is 40.2 Å². The van der Waals surface area contributed by atoms with Gasteiger partial charge in [-0.15, -0.1) is 0 Å². The number of nitrogens with zero attached hydrogens (tertiary/aromatic N) is 4. The first-order chi connectivity index (χ1) is 38.2. The lowest BCUT2D eigenvalue weighted by Gasteiger charge is -2.24. The summed E-state index contributed by atoms with van der Waals surface area (Å²) in [7, 11) is 6.39. The molecule has 2 aliphatic carbocycles. The van der Waals surface area contributed by atoms with Gasteiger partial charge in [0.25, 0.3) is 23.6 Å². The monoisotopic (exact) mass is 1680 g/mol. The second-order valence-corrected chi connectivity index (χ2v) is 26.8. The molecule has 1 atom stereocenters. The van der Waals surface area contributed by atoms with E-state index in [1.165, 1.54) is 48.5 Å². The molecule has 0 spiro atoms. The van der Waals surface area contributed by atoms with Crippen LogP contribution in [-0.4, -0.2) is 64.6 Å². The standard InChI is InChI=1S/C53H12BBr7Cl8N4O8/c54-28-20-21(29(55)33(59)32(28)58)47(75)18(46(20)74)16-7-3-12-14(70-16)5-1-10(44(12)72-50(78)24-25(51(72)79)37(63)41(67)40(66)36(24)62)9-11-2-6-15-13(45(11)73-52(80)26-27(53(73)81)39(65)43(69)42(68)38(26)64)4-8-17(71-15)19-48(76)22-23(49(19)77)31(57)35(61)34(60)30(22)56/h1-8,18-19H,9H2/t18-/m0/s1. The van der Waals surface area contributed by atoms with E-state index in [-0.39, 0.29) is 157 Å². The van der Waals surface area contributed by atoms with Crippen molar-refractivity contribution in [2.75, 3.05) is 9.80 Å². The summed E-state index contributed by atoms with van der Waals surface area (Å²) in [5, 5.41) is -2.46. The Hall–Kier alpha value is -3.16. The summed E-state index contributed by atoms with van der Waals surface area (Å²) >= 11 is 76.5. The summed E-state index contributed by atoms with van der Waals surface area (Å²) in [6, 6.07) is 11.8. The Bertz CT molecular complexity index is 4120. The second kappa shape index (κ2) is 20.8. The zero-order valence-electron chi connectivity index (χ0n) is 38.8. The summed E-state index contributed by atoms with van der Waals surface area (Å²) in [5.74, 6) is -9.21. The number of aromatic nitrogens is 2. The van der Waals surface area contributed by atoms with E-state index in [0.717, 1.165) is 9.80 Å². The van der Waals surface area contributed by atoms with Gasteiger partial charge in [0, 0.05) is 70.8 Å². The molecule has 4 amide bonds. The number of pyridine rings is 2. The predicted octanol–water partition coefficient (Wildman–Crippen LogP) is 17.7. The first-order valence-corrected chi connectivity index (χ1v) is 31.1. The molecule has 2 aromatic heterocycles. The summed E-state index contributed by atoms with van der Waals surface area (Å²) in [5.41, 5.74) is -0.941. The Labute approximate surface area is 554 Å². The molecular weight excluding hydrogens is 1670 g/mol. The van der Waals surface area contributed by atoms with Gasteiger partial charge in [0.15, 0.2) is 23.1 Å². The lowest BCUT2D eigenvalue weighted by Crippen LogP contribution is -2.32. The van der Waals surface area contributed by atoms with E-state index >= 15 is 0 Å². The van der Waals surface area contributed by atoms with Crippen molar-refractivity contribution in [1.29, 1.82) is 0 Å². The molecule has 400 valence electrons. The third kappa shape index (κ3) is 8.22. The maximum atomic E-state index is 14.9. The van der Waals surface area contributed by atoms with Gasteiger partial charge in [-0.05, 0) is 143 Å².